The van der Waals surface area contributed by atoms with Crippen LogP contribution in [0.15, 0.2) is 30.6 Å². The molecule has 0 bridgehead atoms. The molecule has 142 valence electrons. The Labute approximate surface area is 153 Å². The van der Waals surface area contributed by atoms with E-state index in [1.165, 1.54) is 18.5 Å². The van der Waals surface area contributed by atoms with Crippen molar-refractivity contribution in [2.75, 3.05) is 18.4 Å². The molecule has 1 aliphatic heterocycles. The first-order valence-corrected chi connectivity index (χ1v) is 8.83. The zero-order chi connectivity index (χ0) is 19.0. The topological polar surface area (TPSA) is 67.7 Å². The Bertz CT molecular complexity index is 942. The normalized spacial score (nSPS) is 17.6. The Morgan fingerprint density at radius 1 is 1.22 bits per heavy atom. The van der Waals surface area contributed by atoms with Gasteiger partial charge in [-0.15, -0.1) is 0 Å². The molecule has 0 aliphatic carbocycles. The third-order valence-corrected chi connectivity index (χ3v) is 4.72. The van der Waals surface area contributed by atoms with Crippen LogP contribution in [-0.4, -0.2) is 38.7 Å². The maximum atomic E-state index is 12.8. The highest BCUT2D eigenvalue weighted by Gasteiger charge is 2.30. The van der Waals surface area contributed by atoms with Crippen LogP contribution in [0.1, 0.15) is 18.9 Å². The summed E-state index contributed by atoms with van der Waals surface area (Å²) in [6.07, 6.45) is -1.88. The van der Waals surface area contributed by atoms with Gasteiger partial charge in [0.05, 0.1) is 5.56 Å². The van der Waals surface area contributed by atoms with E-state index in [4.69, 9.17) is 0 Å². The molecule has 4 rings (SSSR count). The predicted octanol–water partition coefficient (Wildman–Crippen LogP) is 3.31. The minimum atomic E-state index is -4.36. The summed E-state index contributed by atoms with van der Waals surface area (Å²) < 4.78 is 40.4. The molecule has 1 atom stereocenters. The van der Waals surface area contributed by atoms with Crippen molar-refractivity contribution in [1.82, 2.24) is 24.8 Å². The van der Waals surface area contributed by atoms with Crippen molar-refractivity contribution in [1.29, 1.82) is 0 Å². The van der Waals surface area contributed by atoms with Gasteiger partial charge in [-0.2, -0.15) is 13.2 Å². The molecule has 1 aromatic carbocycles. The van der Waals surface area contributed by atoms with Crippen molar-refractivity contribution >= 4 is 17.0 Å². The fourth-order valence-corrected chi connectivity index (χ4v) is 3.34. The molecular weight excluding hydrogens is 357 g/mol. The second kappa shape index (κ2) is 6.80. The highest BCUT2D eigenvalue weighted by Crippen LogP contribution is 2.32. The number of rotatable bonds is 4. The Morgan fingerprint density at radius 2 is 2.00 bits per heavy atom. The smallest absolute Gasteiger partial charge is 0.364 e. The molecule has 0 spiro atoms. The van der Waals surface area contributed by atoms with Crippen molar-refractivity contribution in [3.63, 3.8) is 0 Å². The summed E-state index contributed by atoms with van der Waals surface area (Å²) in [4.78, 5) is 13.3. The van der Waals surface area contributed by atoms with E-state index in [-0.39, 0.29) is 6.04 Å². The lowest BCUT2D eigenvalue weighted by molar-refractivity contribution is -0.137. The van der Waals surface area contributed by atoms with E-state index in [0.717, 1.165) is 31.6 Å². The lowest BCUT2D eigenvalue weighted by atomic mass is 10.1. The number of aryl methyl sites for hydroxylation is 1. The molecule has 2 aromatic heterocycles. The van der Waals surface area contributed by atoms with Gasteiger partial charge in [-0.3, -0.25) is 0 Å². The van der Waals surface area contributed by atoms with Crippen molar-refractivity contribution < 1.29 is 13.2 Å². The molecule has 3 heterocycles. The largest absolute Gasteiger partial charge is 0.416 e. The van der Waals surface area contributed by atoms with Crippen LogP contribution in [0.25, 0.3) is 22.6 Å². The highest BCUT2D eigenvalue weighted by atomic mass is 19.4. The lowest BCUT2D eigenvalue weighted by Crippen LogP contribution is -2.22. The summed E-state index contributed by atoms with van der Waals surface area (Å²) in [5.41, 5.74) is 1.22. The van der Waals surface area contributed by atoms with Crippen LogP contribution in [0.3, 0.4) is 0 Å². The Morgan fingerprint density at radius 3 is 2.63 bits per heavy atom. The number of imidazole rings is 1. The van der Waals surface area contributed by atoms with Crippen LogP contribution in [-0.2, 0) is 12.7 Å². The van der Waals surface area contributed by atoms with Gasteiger partial charge >= 0.3 is 6.18 Å². The van der Waals surface area contributed by atoms with Crippen LogP contribution in [0, 0.1) is 0 Å². The fraction of sp³-hybridized carbons (Fsp3) is 0.389. The van der Waals surface area contributed by atoms with Crippen LogP contribution in [0.2, 0.25) is 0 Å². The van der Waals surface area contributed by atoms with Gasteiger partial charge in [0.1, 0.15) is 12.2 Å². The number of nitrogens with one attached hydrogen (secondary N) is 2. The number of hydrogen-bond donors (Lipinski definition) is 2. The standard InChI is InChI=1S/C18H19F3N6/c1-2-27-16(11-3-5-12(6-4-11)18(19,20)21)26-14-15(23-10-24-17(14)27)25-13-7-8-22-9-13/h3-6,10,13,22H,2,7-9H2,1H3,(H,23,24,25)/t13-/m0/s1. The molecule has 3 aromatic rings. The Balaban J connectivity index is 1.76. The van der Waals surface area contributed by atoms with Crippen molar-refractivity contribution in [2.24, 2.45) is 0 Å². The number of hydrogen-bond acceptors (Lipinski definition) is 5. The van der Waals surface area contributed by atoms with Crippen molar-refractivity contribution in [3.8, 4) is 11.4 Å². The Kier molecular flexibility index (Phi) is 4.47. The number of anilines is 1. The monoisotopic (exact) mass is 376 g/mol. The number of alkyl halides is 3. The first-order valence-electron chi connectivity index (χ1n) is 8.83. The molecule has 0 unspecified atom stereocenters. The molecular formula is C18H19F3N6. The quantitative estimate of drug-likeness (QED) is 0.731. The molecule has 9 heteroatoms. The van der Waals surface area contributed by atoms with Gasteiger partial charge in [-0.05, 0) is 32.0 Å². The van der Waals surface area contributed by atoms with Crippen molar-refractivity contribution in [3.05, 3.63) is 36.2 Å². The SMILES string of the molecule is CCn1c(-c2ccc(C(F)(F)F)cc2)nc2c(N[C@H]3CCNC3)ncnc21. The molecule has 2 N–H and O–H groups in total. The molecule has 27 heavy (non-hydrogen) atoms. The van der Waals surface area contributed by atoms with E-state index in [2.05, 4.69) is 25.6 Å². The summed E-state index contributed by atoms with van der Waals surface area (Å²) in [6.45, 7) is 4.34. The van der Waals surface area contributed by atoms with Gasteiger partial charge in [-0.1, -0.05) is 12.1 Å². The average Bonchev–Trinajstić information content (AvgIpc) is 3.28. The molecule has 1 saturated heterocycles. The second-order valence-corrected chi connectivity index (χ2v) is 6.48. The molecule has 1 fully saturated rings. The third kappa shape index (κ3) is 3.34. The van der Waals surface area contributed by atoms with E-state index in [0.29, 0.717) is 34.9 Å². The predicted molar refractivity (Wildman–Crippen MR) is 96.3 cm³/mol. The third-order valence-electron chi connectivity index (χ3n) is 4.72. The van der Waals surface area contributed by atoms with Gasteiger partial charge in [0.15, 0.2) is 17.0 Å². The van der Waals surface area contributed by atoms with Gasteiger partial charge in [0, 0.05) is 24.7 Å². The average molecular weight is 376 g/mol. The fourth-order valence-electron chi connectivity index (χ4n) is 3.34. The molecule has 0 amide bonds. The second-order valence-electron chi connectivity index (χ2n) is 6.48. The van der Waals surface area contributed by atoms with E-state index in [1.54, 1.807) is 0 Å². The summed E-state index contributed by atoms with van der Waals surface area (Å²) in [6, 6.07) is 5.30. The maximum Gasteiger partial charge on any atom is 0.416 e. The van der Waals surface area contributed by atoms with Crippen LogP contribution in [0.4, 0.5) is 19.0 Å². The number of aromatic nitrogens is 4. The molecule has 1 aliphatic rings. The zero-order valence-electron chi connectivity index (χ0n) is 14.7. The number of nitrogens with zero attached hydrogens (tertiary/aromatic N) is 4. The first kappa shape index (κ1) is 17.7. The summed E-state index contributed by atoms with van der Waals surface area (Å²) in [5.74, 6) is 1.23. The van der Waals surface area contributed by atoms with E-state index in [1.807, 2.05) is 11.5 Å². The Hall–Kier alpha value is -2.68. The minimum absolute atomic E-state index is 0.268. The zero-order valence-corrected chi connectivity index (χ0v) is 14.7. The van der Waals surface area contributed by atoms with Crippen molar-refractivity contribution in [2.45, 2.75) is 32.1 Å². The molecule has 0 saturated carbocycles. The van der Waals surface area contributed by atoms with E-state index < -0.39 is 11.7 Å². The van der Waals surface area contributed by atoms with Crippen LogP contribution < -0.4 is 10.6 Å². The maximum absolute atomic E-state index is 12.8. The van der Waals surface area contributed by atoms with Crippen LogP contribution >= 0.6 is 0 Å². The van der Waals surface area contributed by atoms with E-state index in [9.17, 15) is 13.2 Å². The van der Waals surface area contributed by atoms with Gasteiger partial charge in [0.2, 0.25) is 0 Å². The molecule has 6 nitrogen and oxygen atoms in total. The highest BCUT2D eigenvalue weighted by molar-refractivity contribution is 5.86. The van der Waals surface area contributed by atoms with E-state index >= 15 is 0 Å². The minimum Gasteiger partial charge on any atom is -0.364 e. The van der Waals surface area contributed by atoms with Crippen LogP contribution in [0.5, 0.6) is 0 Å². The number of fused-ring (bicyclic) bond motifs is 1. The van der Waals surface area contributed by atoms with Gasteiger partial charge < -0.3 is 15.2 Å². The van der Waals surface area contributed by atoms with Gasteiger partial charge in [-0.25, -0.2) is 15.0 Å². The number of benzene rings is 1. The summed E-state index contributed by atoms with van der Waals surface area (Å²) in [7, 11) is 0. The van der Waals surface area contributed by atoms with Gasteiger partial charge in [0.25, 0.3) is 0 Å². The molecule has 0 radical (unpaired) electrons. The number of halogens is 3. The summed E-state index contributed by atoms with van der Waals surface area (Å²) >= 11 is 0. The lowest BCUT2D eigenvalue weighted by Gasteiger charge is -2.11. The summed E-state index contributed by atoms with van der Waals surface area (Å²) in [5, 5.41) is 6.68. The first-order chi connectivity index (χ1) is 13.0.